The van der Waals surface area contributed by atoms with E-state index in [2.05, 4.69) is 10.4 Å². The predicted octanol–water partition coefficient (Wildman–Crippen LogP) is -0.327. The van der Waals surface area contributed by atoms with Crippen molar-refractivity contribution in [2.24, 2.45) is 7.05 Å². The quantitative estimate of drug-likeness (QED) is 0.679. The summed E-state index contributed by atoms with van der Waals surface area (Å²) < 4.78 is 1.59. The number of rotatable bonds is 2. The predicted molar refractivity (Wildman–Crippen MR) is 49.7 cm³/mol. The number of carbonyl (C=O) groups excluding carboxylic acids is 1. The molecule has 0 atom stereocenters. The van der Waals surface area contributed by atoms with E-state index in [1.165, 1.54) is 0 Å². The molecule has 1 aromatic rings. The minimum absolute atomic E-state index is 0.111. The van der Waals surface area contributed by atoms with Crippen LogP contribution in [-0.2, 0) is 7.05 Å². The Morgan fingerprint density at radius 1 is 1.71 bits per heavy atom. The van der Waals surface area contributed by atoms with Crippen molar-refractivity contribution in [3.8, 4) is 0 Å². The highest BCUT2D eigenvalue weighted by molar-refractivity contribution is 5.92. The maximum absolute atomic E-state index is 11.5. The first-order valence-electron chi connectivity index (χ1n) is 4.64. The number of aryl methyl sites for hydroxylation is 1. The van der Waals surface area contributed by atoms with Crippen LogP contribution in [-0.4, -0.2) is 32.9 Å². The summed E-state index contributed by atoms with van der Waals surface area (Å²) in [6.07, 6.45) is 2.78. The van der Waals surface area contributed by atoms with E-state index in [0.717, 1.165) is 0 Å². The molecule has 1 aromatic heterocycles. The first-order valence-corrected chi connectivity index (χ1v) is 4.64. The van der Waals surface area contributed by atoms with E-state index in [4.69, 9.17) is 5.11 Å². The molecule has 0 saturated heterocycles. The van der Waals surface area contributed by atoms with Crippen molar-refractivity contribution in [2.75, 3.05) is 0 Å². The van der Waals surface area contributed by atoms with Crippen LogP contribution < -0.4 is 5.32 Å². The Balaban J connectivity index is 1.90. The molecule has 0 aromatic carbocycles. The lowest BCUT2D eigenvalue weighted by molar-refractivity contribution is 0.0560. The normalized spacial score (nSPS) is 25.6. The second-order valence-electron chi connectivity index (χ2n) is 3.67. The monoisotopic (exact) mass is 195 g/mol. The highest BCUT2D eigenvalue weighted by atomic mass is 16.3. The van der Waals surface area contributed by atoms with Gasteiger partial charge >= 0.3 is 0 Å². The number of amides is 1. The number of carbonyl (C=O) groups is 1. The fraction of sp³-hybridized carbons (Fsp3) is 0.556. The molecule has 1 aliphatic rings. The van der Waals surface area contributed by atoms with E-state index in [1.807, 2.05) is 0 Å². The molecule has 1 aliphatic carbocycles. The van der Waals surface area contributed by atoms with Crippen LogP contribution in [0.4, 0.5) is 0 Å². The molecule has 0 unspecified atom stereocenters. The first-order chi connectivity index (χ1) is 6.65. The van der Waals surface area contributed by atoms with Crippen molar-refractivity contribution >= 4 is 5.91 Å². The molecule has 1 fully saturated rings. The fourth-order valence-corrected chi connectivity index (χ4v) is 1.50. The van der Waals surface area contributed by atoms with Crippen LogP contribution >= 0.6 is 0 Å². The third-order valence-corrected chi connectivity index (χ3v) is 2.39. The van der Waals surface area contributed by atoms with Gasteiger partial charge in [0.25, 0.3) is 5.91 Å². The standard InChI is InChI=1S/C9H13N3O2/c1-12-3-2-8(11-12)9(14)10-6-4-7(13)5-6/h2-3,6-7,13H,4-5H2,1H3,(H,10,14). The average Bonchev–Trinajstić information content (AvgIpc) is 2.49. The van der Waals surface area contributed by atoms with Gasteiger partial charge in [0.15, 0.2) is 0 Å². The maximum Gasteiger partial charge on any atom is 0.271 e. The summed E-state index contributed by atoms with van der Waals surface area (Å²) in [5.74, 6) is -0.164. The van der Waals surface area contributed by atoms with Gasteiger partial charge in [-0.1, -0.05) is 0 Å². The van der Waals surface area contributed by atoms with Gasteiger partial charge in [-0.2, -0.15) is 5.10 Å². The lowest BCUT2D eigenvalue weighted by Gasteiger charge is -2.31. The summed E-state index contributed by atoms with van der Waals surface area (Å²) in [6.45, 7) is 0. The van der Waals surface area contributed by atoms with Gasteiger partial charge in [-0.25, -0.2) is 0 Å². The smallest absolute Gasteiger partial charge is 0.271 e. The molecule has 1 amide bonds. The largest absolute Gasteiger partial charge is 0.393 e. The van der Waals surface area contributed by atoms with Crippen LogP contribution in [0.5, 0.6) is 0 Å². The molecule has 0 bridgehead atoms. The molecule has 2 N–H and O–H groups in total. The van der Waals surface area contributed by atoms with Crippen LogP contribution in [0.15, 0.2) is 12.3 Å². The summed E-state index contributed by atoms with van der Waals surface area (Å²) in [7, 11) is 1.77. The lowest BCUT2D eigenvalue weighted by Crippen LogP contribution is -2.46. The van der Waals surface area contributed by atoms with Gasteiger partial charge in [0.05, 0.1) is 6.10 Å². The Morgan fingerprint density at radius 3 is 2.93 bits per heavy atom. The zero-order valence-electron chi connectivity index (χ0n) is 7.97. The Hall–Kier alpha value is -1.36. The molecule has 1 heterocycles. The zero-order chi connectivity index (χ0) is 10.1. The second kappa shape index (κ2) is 3.42. The molecule has 2 rings (SSSR count). The molecule has 0 spiro atoms. The summed E-state index contributed by atoms with van der Waals surface area (Å²) in [5, 5.41) is 15.8. The molecule has 76 valence electrons. The van der Waals surface area contributed by atoms with Crippen molar-refractivity contribution in [1.82, 2.24) is 15.1 Å². The Labute approximate surface area is 81.7 Å². The highest BCUT2D eigenvalue weighted by Crippen LogP contribution is 2.19. The molecular weight excluding hydrogens is 182 g/mol. The molecule has 1 saturated carbocycles. The number of aliphatic hydroxyl groups is 1. The van der Waals surface area contributed by atoms with Crippen molar-refractivity contribution in [1.29, 1.82) is 0 Å². The number of hydrogen-bond donors (Lipinski definition) is 2. The van der Waals surface area contributed by atoms with Crippen molar-refractivity contribution in [2.45, 2.75) is 25.0 Å². The van der Waals surface area contributed by atoms with E-state index in [0.29, 0.717) is 18.5 Å². The number of nitrogens with one attached hydrogen (secondary N) is 1. The summed E-state index contributed by atoms with van der Waals surface area (Å²) in [4.78, 5) is 11.5. The van der Waals surface area contributed by atoms with Crippen molar-refractivity contribution in [3.63, 3.8) is 0 Å². The molecule has 0 aliphatic heterocycles. The van der Waals surface area contributed by atoms with Gasteiger partial charge in [0.2, 0.25) is 0 Å². The molecule has 14 heavy (non-hydrogen) atoms. The van der Waals surface area contributed by atoms with Crippen molar-refractivity contribution < 1.29 is 9.90 Å². The van der Waals surface area contributed by atoms with Gasteiger partial charge in [-0.15, -0.1) is 0 Å². The Morgan fingerprint density at radius 2 is 2.43 bits per heavy atom. The van der Waals surface area contributed by atoms with Gasteiger partial charge in [-0.05, 0) is 18.9 Å². The number of hydrogen-bond acceptors (Lipinski definition) is 3. The molecule has 5 heteroatoms. The SMILES string of the molecule is Cn1ccc(C(=O)NC2CC(O)C2)n1. The Bertz CT molecular complexity index is 342. The third kappa shape index (κ3) is 1.77. The van der Waals surface area contributed by atoms with Gasteiger partial charge in [-0.3, -0.25) is 9.48 Å². The summed E-state index contributed by atoms with van der Waals surface area (Å²) in [6, 6.07) is 1.78. The van der Waals surface area contributed by atoms with E-state index >= 15 is 0 Å². The van der Waals surface area contributed by atoms with Crippen LogP contribution in [0.25, 0.3) is 0 Å². The summed E-state index contributed by atoms with van der Waals surface area (Å²) in [5.41, 5.74) is 0.425. The van der Waals surface area contributed by atoms with Crippen LogP contribution in [0.3, 0.4) is 0 Å². The Kier molecular flexibility index (Phi) is 2.25. The third-order valence-electron chi connectivity index (χ3n) is 2.39. The number of aromatic nitrogens is 2. The molecule has 0 radical (unpaired) electrons. The maximum atomic E-state index is 11.5. The van der Waals surface area contributed by atoms with Crippen LogP contribution in [0.2, 0.25) is 0 Å². The topological polar surface area (TPSA) is 67.2 Å². The van der Waals surface area contributed by atoms with Gasteiger partial charge in [0, 0.05) is 19.3 Å². The van der Waals surface area contributed by atoms with Gasteiger partial charge < -0.3 is 10.4 Å². The zero-order valence-corrected chi connectivity index (χ0v) is 7.97. The lowest BCUT2D eigenvalue weighted by atomic mass is 9.89. The van der Waals surface area contributed by atoms with Gasteiger partial charge in [0.1, 0.15) is 5.69 Å². The van der Waals surface area contributed by atoms with E-state index in [1.54, 1.807) is 24.0 Å². The fourth-order valence-electron chi connectivity index (χ4n) is 1.50. The highest BCUT2D eigenvalue weighted by Gasteiger charge is 2.28. The van der Waals surface area contributed by atoms with Crippen LogP contribution in [0.1, 0.15) is 23.3 Å². The molecular formula is C9H13N3O2. The summed E-state index contributed by atoms with van der Waals surface area (Å²) >= 11 is 0. The van der Waals surface area contributed by atoms with E-state index in [9.17, 15) is 4.79 Å². The number of nitrogens with zero attached hydrogens (tertiary/aromatic N) is 2. The molecule has 5 nitrogen and oxygen atoms in total. The number of aliphatic hydroxyl groups excluding tert-OH is 1. The minimum atomic E-state index is -0.246. The van der Waals surface area contributed by atoms with E-state index < -0.39 is 0 Å². The minimum Gasteiger partial charge on any atom is -0.393 e. The first kappa shape index (κ1) is 9.21. The second-order valence-corrected chi connectivity index (χ2v) is 3.67. The van der Waals surface area contributed by atoms with Crippen molar-refractivity contribution in [3.05, 3.63) is 18.0 Å². The average molecular weight is 195 g/mol. The van der Waals surface area contributed by atoms with Crippen LogP contribution in [0, 0.1) is 0 Å². The van der Waals surface area contributed by atoms with E-state index in [-0.39, 0.29) is 18.1 Å².